The Hall–Kier alpha value is -1.91. The summed E-state index contributed by atoms with van der Waals surface area (Å²) in [6.45, 7) is 4.28. The lowest BCUT2D eigenvalue weighted by Crippen LogP contribution is -2.49. The summed E-state index contributed by atoms with van der Waals surface area (Å²) in [5, 5.41) is 9.11. The SMILES string of the molecule is CC(C)(C(=O)N1CCCC(C(=O)O)C1)c1cccc(F)c1. The molecular weight excluding hydrogens is 273 g/mol. The molecule has 0 aromatic heterocycles. The minimum Gasteiger partial charge on any atom is -0.481 e. The van der Waals surface area contributed by atoms with E-state index in [0.717, 1.165) is 0 Å². The fraction of sp³-hybridized carbons (Fsp3) is 0.500. The number of carboxylic acids is 1. The van der Waals surface area contributed by atoms with Crippen molar-refractivity contribution in [3.8, 4) is 0 Å². The number of aliphatic carboxylic acids is 1. The smallest absolute Gasteiger partial charge is 0.308 e. The van der Waals surface area contributed by atoms with Crippen LogP contribution in [0.4, 0.5) is 4.39 Å². The number of rotatable bonds is 3. The van der Waals surface area contributed by atoms with Crippen molar-refractivity contribution in [1.29, 1.82) is 0 Å². The molecule has 1 atom stereocenters. The number of nitrogens with zero attached hydrogens (tertiary/aromatic N) is 1. The largest absolute Gasteiger partial charge is 0.481 e. The molecule has 5 heteroatoms. The molecule has 1 aromatic rings. The van der Waals surface area contributed by atoms with Crippen molar-refractivity contribution in [3.05, 3.63) is 35.6 Å². The summed E-state index contributed by atoms with van der Waals surface area (Å²) in [4.78, 5) is 25.4. The van der Waals surface area contributed by atoms with Crippen LogP contribution in [-0.2, 0) is 15.0 Å². The minimum absolute atomic E-state index is 0.154. The molecule has 0 saturated carbocycles. The Balaban J connectivity index is 2.19. The first kappa shape index (κ1) is 15.5. The molecule has 1 saturated heterocycles. The highest BCUT2D eigenvalue weighted by Gasteiger charge is 2.37. The van der Waals surface area contributed by atoms with Crippen LogP contribution < -0.4 is 0 Å². The molecule has 1 aliphatic heterocycles. The number of carboxylic acid groups (broad SMARTS) is 1. The normalized spacial score (nSPS) is 19.4. The molecule has 1 amide bonds. The summed E-state index contributed by atoms with van der Waals surface area (Å²) in [6, 6.07) is 6.00. The highest BCUT2D eigenvalue weighted by Crippen LogP contribution is 2.28. The number of hydrogen-bond donors (Lipinski definition) is 1. The topological polar surface area (TPSA) is 57.6 Å². The number of carbonyl (C=O) groups is 2. The van der Waals surface area contributed by atoms with Gasteiger partial charge < -0.3 is 10.0 Å². The zero-order chi connectivity index (χ0) is 15.6. The summed E-state index contributed by atoms with van der Waals surface area (Å²) in [6.07, 6.45) is 1.28. The lowest BCUT2D eigenvalue weighted by atomic mass is 9.82. The summed E-state index contributed by atoms with van der Waals surface area (Å²) < 4.78 is 13.4. The van der Waals surface area contributed by atoms with E-state index in [4.69, 9.17) is 5.11 Å². The van der Waals surface area contributed by atoms with Crippen LogP contribution in [0.15, 0.2) is 24.3 Å². The van der Waals surface area contributed by atoms with Crippen LogP contribution in [0.1, 0.15) is 32.3 Å². The minimum atomic E-state index is -0.873. The van der Waals surface area contributed by atoms with Crippen LogP contribution in [0.5, 0.6) is 0 Å². The molecule has 1 fully saturated rings. The lowest BCUT2D eigenvalue weighted by molar-refractivity contribution is -0.147. The van der Waals surface area contributed by atoms with E-state index < -0.39 is 17.3 Å². The van der Waals surface area contributed by atoms with E-state index in [-0.39, 0.29) is 18.3 Å². The standard InChI is InChI=1S/C16H20FNO3/c1-16(2,12-6-3-7-13(17)9-12)15(21)18-8-4-5-11(10-18)14(19)20/h3,6-7,9,11H,4-5,8,10H2,1-2H3,(H,19,20). The molecule has 1 aliphatic rings. The second kappa shape index (κ2) is 5.84. The van der Waals surface area contributed by atoms with Crippen molar-refractivity contribution < 1.29 is 19.1 Å². The van der Waals surface area contributed by atoms with Crippen molar-refractivity contribution >= 4 is 11.9 Å². The Kier molecular flexibility index (Phi) is 4.30. The van der Waals surface area contributed by atoms with Crippen LogP contribution in [-0.4, -0.2) is 35.0 Å². The maximum atomic E-state index is 13.4. The number of likely N-dealkylation sites (tertiary alicyclic amines) is 1. The molecular formula is C16H20FNO3. The van der Waals surface area contributed by atoms with Gasteiger partial charge in [-0.25, -0.2) is 4.39 Å². The first-order valence-corrected chi connectivity index (χ1v) is 7.10. The Morgan fingerprint density at radius 1 is 1.38 bits per heavy atom. The van der Waals surface area contributed by atoms with E-state index in [9.17, 15) is 14.0 Å². The number of piperidine rings is 1. The second-order valence-corrected chi connectivity index (χ2v) is 6.06. The molecule has 1 aromatic carbocycles. The first-order chi connectivity index (χ1) is 9.82. The Bertz CT molecular complexity index is 556. The first-order valence-electron chi connectivity index (χ1n) is 7.10. The molecule has 1 heterocycles. The number of benzene rings is 1. The van der Waals surface area contributed by atoms with Crippen molar-refractivity contribution in [2.45, 2.75) is 32.1 Å². The van der Waals surface area contributed by atoms with Crippen molar-refractivity contribution in [3.63, 3.8) is 0 Å². The van der Waals surface area contributed by atoms with Crippen LogP contribution in [0.2, 0.25) is 0 Å². The Labute approximate surface area is 123 Å². The van der Waals surface area contributed by atoms with Crippen LogP contribution in [0, 0.1) is 11.7 Å². The van der Waals surface area contributed by atoms with Gasteiger partial charge in [-0.2, -0.15) is 0 Å². The highest BCUT2D eigenvalue weighted by atomic mass is 19.1. The van der Waals surface area contributed by atoms with Gasteiger partial charge in [0, 0.05) is 13.1 Å². The monoisotopic (exact) mass is 293 g/mol. The van der Waals surface area contributed by atoms with Gasteiger partial charge in [-0.05, 0) is 44.4 Å². The van der Waals surface area contributed by atoms with Crippen molar-refractivity contribution in [2.75, 3.05) is 13.1 Å². The average Bonchev–Trinajstić information content (AvgIpc) is 2.46. The average molecular weight is 293 g/mol. The van der Waals surface area contributed by atoms with Gasteiger partial charge in [-0.3, -0.25) is 9.59 Å². The van der Waals surface area contributed by atoms with Gasteiger partial charge in [-0.1, -0.05) is 12.1 Å². The molecule has 21 heavy (non-hydrogen) atoms. The maximum Gasteiger partial charge on any atom is 0.308 e. The van der Waals surface area contributed by atoms with Gasteiger partial charge in [-0.15, -0.1) is 0 Å². The molecule has 0 spiro atoms. The zero-order valence-electron chi connectivity index (χ0n) is 12.3. The lowest BCUT2D eigenvalue weighted by Gasteiger charge is -2.36. The summed E-state index contributed by atoms with van der Waals surface area (Å²) in [7, 11) is 0. The number of amides is 1. The van der Waals surface area contributed by atoms with Gasteiger partial charge in [0.1, 0.15) is 5.82 Å². The van der Waals surface area contributed by atoms with E-state index in [1.807, 2.05) is 0 Å². The Morgan fingerprint density at radius 3 is 2.71 bits per heavy atom. The number of halogens is 1. The maximum absolute atomic E-state index is 13.4. The van der Waals surface area contributed by atoms with Gasteiger partial charge in [0.15, 0.2) is 0 Å². The fourth-order valence-corrected chi connectivity index (χ4v) is 2.76. The van der Waals surface area contributed by atoms with E-state index in [0.29, 0.717) is 24.9 Å². The molecule has 114 valence electrons. The van der Waals surface area contributed by atoms with E-state index in [1.165, 1.54) is 12.1 Å². The molecule has 4 nitrogen and oxygen atoms in total. The van der Waals surface area contributed by atoms with Crippen molar-refractivity contribution in [2.24, 2.45) is 5.92 Å². The highest BCUT2D eigenvalue weighted by molar-refractivity contribution is 5.88. The molecule has 0 radical (unpaired) electrons. The second-order valence-electron chi connectivity index (χ2n) is 6.06. The number of carbonyl (C=O) groups excluding carboxylic acids is 1. The quantitative estimate of drug-likeness (QED) is 0.931. The Morgan fingerprint density at radius 2 is 2.10 bits per heavy atom. The van der Waals surface area contributed by atoms with Gasteiger partial charge >= 0.3 is 5.97 Å². The summed E-state index contributed by atoms with van der Waals surface area (Å²) >= 11 is 0. The summed E-state index contributed by atoms with van der Waals surface area (Å²) in [5.74, 6) is -1.91. The van der Waals surface area contributed by atoms with Gasteiger partial charge in [0.05, 0.1) is 11.3 Å². The third-order valence-corrected chi connectivity index (χ3v) is 4.14. The molecule has 0 aliphatic carbocycles. The van der Waals surface area contributed by atoms with E-state index >= 15 is 0 Å². The van der Waals surface area contributed by atoms with Crippen LogP contribution in [0.3, 0.4) is 0 Å². The van der Waals surface area contributed by atoms with Gasteiger partial charge in [0.2, 0.25) is 5.91 Å². The molecule has 1 unspecified atom stereocenters. The molecule has 0 bridgehead atoms. The van der Waals surface area contributed by atoms with E-state index in [2.05, 4.69) is 0 Å². The predicted octanol–water partition coefficient (Wildman–Crippen LogP) is 2.43. The van der Waals surface area contributed by atoms with Crippen molar-refractivity contribution in [1.82, 2.24) is 4.90 Å². The fourth-order valence-electron chi connectivity index (χ4n) is 2.76. The third-order valence-electron chi connectivity index (χ3n) is 4.14. The predicted molar refractivity (Wildman–Crippen MR) is 76.4 cm³/mol. The van der Waals surface area contributed by atoms with Crippen LogP contribution in [0.25, 0.3) is 0 Å². The summed E-state index contributed by atoms with van der Waals surface area (Å²) in [5.41, 5.74) is -0.271. The zero-order valence-corrected chi connectivity index (χ0v) is 12.3. The van der Waals surface area contributed by atoms with Gasteiger partial charge in [0.25, 0.3) is 0 Å². The number of hydrogen-bond acceptors (Lipinski definition) is 2. The van der Waals surface area contributed by atoms with Crippen LogP contribution >= 0.6 is 0 Å². The third kappa shape index (κ3) is 3.23. The van der Waals surface area contributed by atoms with E-state index in [1.54, 1.807) is 30.9 Å². The molecule has 2 rings (SSSR count). The molecule has 1 N–H and O–H groups in total.